The van der Waals surface area contributed by atoms with Gasteiger partial charge in [-0.15, -0.1) is 10.2 Å². The summed E-state index contributed by atoms with van der Waals surface area (Å²) in [6.07, 6.45) is 0. The van der Waals surface area contributed by atoms with E-state index in [4.69, 9.17) is 5.73 Å². The van der Waals surface area contributed by atoms with E-state index in [0.717, 1.165) is 27.6 Å². The summed E-state index contributed by atoms with van der Waals surface area (Å²) in [7, 11) is -2.46. The SMILES string of the molecule is C[C@@H](Nc1c(C(N)=O)nnc2cc(-c3ccc(C[SH](=O)=O)cc3)ccc12)c1ccccc1. The monoisotopic (exact) mass is 446 g/mol. The third-order valence-corrected chi connectivity index (χ3v) is 5.88. The molecule has 3 aromatic carbocycles. The summed E-state index contributed by atoms with van der Waals surface area (Å²) in [5, 5.41) is 12.4. The average Bonchev–Trinajstić information content (AvgIpc) is 2.79. The van der Waals surface area contributed by atoms with Crippen molar-refractivity contribution in [1.82, 2.24) is 10.2 Å². The molecule has 7 nitrogen and oxygen atoms in total. The fourth-order valence-electron chi connectivity index (χ4n) is 3.60. The van der Waals surface area contributed by atoms with E-state index in [1.54, 1.807) is 12.1 Å². The quantitative estimate of drug-likeness (QED) is 0.373. The maximum absolute atomic E-state index is 12.0. The smallest absolute Gasteiger partial charge is 0.271 e. The van der Waals surface area contributed by atoms with Crippen LogP contribution in [0.25, 0.3) is 22.0 Å². The lowest BCUT2D eigenvalue weighted by molar-refractivity contribution is 0.0995. The van der Waals surface area contributed by atoms with E-state index < -0.39 is 16.6 Å². The van der Waals surface area contributed by atoms with E-state index in [2.05, 4.69) is 15.5 Å². The number of nitrogens with two attached hydrogens (primary N) is 1. The molecule has 32 heavy (non-hydrogen) atoms. The number of anilines is 1. The minimum atomic E-state index is -2.46. The largest absolute Gasteiger partial charge is 0.376 e. The van der Waals surface area contributed by atoms with E-state index in [1.807, 2.05) is 67.6 Å². The van der Waals surface area contributed by atoms with Crippen LogP contribution in [0.2, 0.25) is 0 Å². The molecule has 0 radical (unpaired) electrons. The Labute approximate surface area is 187 Å². The molecule has 0 unspecified atom stereocenters. The first kappa shape index (κ1) is 21.5. The van der Waals surface area contributed by atoms with Crippen molar-refractivity contribution in [2.75, 3.05) is 5.32 Å². The van der Waals surface area contributed by atoms with Crippen LogP contribution < -0.4 is 11.1 Å². The summed E-state index contributed by atoms with van der Waals surface area (Å²) in [4.78, 5) is 12.0. The third-order valence-electron chi connectivity index (χ3n) is 5.25. The number of aromatic nitrogens is 2. The molecule has 4 rings (SSSR count). The molecular formula is C24H22N4O3S. The molecule has 0 saturated carbocycles. The maximum Gasteiger partial charge on any atom is 0.271 e. The second-order valence-corrected chi connectivity index (χ2v) is 8.47. The Hall–Kier alpha value is -3.78. The number of hydrogen-bond acceptors (Lipinski definition) is 6. The highest BCUT2D eigenvalue weighted by atomic mass is 32.2. The predicted octanol–water partition coefficient (Wildman–Crippen LogP) is 3.68. The number of carbonyl (C=O) groups excluding carboxylic acids is 1. The van der Waals surface area contributed by atoms with Gasteiger partial charge in [-0.2, -0.15) is 0 Å². The molecule has 0 aliphatic rings. The van der Waals surface area contributed by atoms with Crippen LogP contribution in [0.15, 0.2) is 72.8 Å². The fourth-order valence-corrected chi connectivity index (χ4v) is 4.11. The summed E-state index contributed by atoms with van der Waals surface area (Å²) in [6, 6.07) is 22.8. The number of rotatable bonds is 7. The van der Waals surface area contributed by atoms with Gasteiger partial charge in [0.2, 0.25) is 0 Å². The molecule has 8 heteroatoms. The fraction of sp³-hybridized carbons (Fsp3) is 0.125. The van der Waals surface area contributed by atoms with Crippen molar-refractivity contribution < 1.29 is 13.2 Å². The Balaban J connectivity index is 1.73. The lowest BCUT2D eigenvalue weighted by Crippen LogP contribution is -2.19. The molecule has 0 aliphatic heterocycles. The van der Waals surface area contributed by atoms with Crippen LogP contribution in [0.4, 0.5) is 5.69 Å². The summed E-state index contributed by atoms with van der Waals surface area (Å²) in [5.41, 5.74) is 10.4. The van der Waals surface area contributed by atoms with E-state index in [9.17, 15) is 13.2 Å². The standard InChI is InChI=1S/C24H22N4O3S/c1-15(17-5-3-2-4-6-17)26-22-20-12-11-19(13-21(20)27-28-23(22)24(25)29)18-9-7-16(8-10-18)14-32(30)31/h2-13,15,32H,14H2,1H3,(H2,25,29)(H,26,27)/t15-/m1/s1. The predicted molar refractivity (Wildman–Crippen MR) is 126 cm³/mol. The Morgan fingerprint density at radius 1 is 0.969 bits per heavy atom. The normalized spacial score (nSPS) is 12.1. The minimum absolute atomic E-state index is 0.0172. The van der Waals surface area contributed by atoms with Gasteiger partial charge in [0, 0.05) is 11.4 Å². The number of benzene rings is 3. The molecule has 1 atom stereocenters. The van der Waals surface area contributed by atoms with E-state index >= 15 is 0 Å². The van der Waals surface area contributed by atoms with Gasteiger partial charge in [0.15, 0.2) is 5.69 Å². The Morgan fingerprint density at radius 3 is 2.31 bits per heavy atom. The van der Waals surface area contributed by atoms with Crippen LogP contribution >= 0.6 is 0 Å². The number of nitrogens with zero attached hydrogens (tertiary/aromatic N) is 2. The highest BCUT2D eigenvalue weighted by Crippen LogP contribution is 2.31. The van der Waals surface area contributed by atoms with Gasteiger partial charge in [0.05, 0.1) is 17.0 Å². The van der Waals surface area contributed by atoms with Crippen molar-refractivity contribution in [3.05, 3.63) is 89.6 Å². The number of primary amides is 1. The summed E-state index contributed by atoms with van der Waals surface area (Å²) in [6.45, 7) is 2.00. The molecule has 1 amide bonds. The molecule has 0 fully saturated rings. The Kier molecular flexibility index (Phi) is 6.13. The van der Waals surface area contributed by atoms with E-state index in [-0.39, 0.29) is 17.5 Å². The van der Waals surface area contributed by atoms with Gasteiger partial charge < -0.3 is 11.1 Å². The highest BCUT2D eigenvalue weighted by molar-refractivity contribution is 7.71. The van der Waals surface area contributed by atoms with Crippen molar-refractivity contribution in [2.45, 2.75) is 18.7 Å². The first-order chi connectivity index (χ1) is 15.4. The number of fused-ring (bicyclic) bond motifs is 1. The van der Waals surface area contributed by atoms with Crippen molar-refractivity contribution in [2.24, 2.45) is 5.73 Å². The van der Waals surface area contributed by atoms with E-state index in [0.29, 0.717) is 11.2 Å². The lowest BCUT2D eigenvalue weighted by Gasteiger charge is -2.19. The number of nitrogens with one attached hydrogen (secondary N) is 1. The topological polar surface area (TPSA) is 115 Å². The summed E-state index contributed by atoms with van der Waals surface area (Å²) in [5.74, 6) is -0.637. The van der Waals surface area contributed by atoms with Gasteiger partial charge in [0.25, 0.3) is 5.91 Å². The molecule has 0 saturated heterocycles. The average molecular weight is 447 g/mol. The van der Waals surface area contributed by atoms with Crippen LogP contribution in [-0.4, -0.2) is 24.5 Å². The van der Waals surface area contributed by atoms with Gasteiger partial charge in [0.1, 0.15) is 10.7 Å². The third kappa shape index (κ3) is 4.60. The highest BCUT2D eigenvalue weighted by Gasteiger charge is 2.18. The number of amides is 1. The Morgan fingerprint density at radius 2 is 1.66 bits per heavy atom. The van der Waals surface area contributed by atoms with Crippen molar-refractivity contribution >= 4 is 33.2 Å². The van der Waals surface area contributed by atoms with Crippen molar-refractivity contribution in [1.29, 1.82) is 0 Å². The van der Waals surface area contributed by atoms with Crippen LogP contribution in [0.5, 0.6) is 0 Å². The molecule has 3 N–H and O–H groups in total. The van der Waals surface area contributed by atoms with Crippen molar-refractivity contribution in [3.8, 4) is 11.1 Å². The van der Waals surface area contributed by atoms with Gasteiger partial charge in [-0.05, 0) is 41.3 Å². The first-order valence-corrected chi connectivity index (χ1v) is 11.4. The molecule has 0 spiro atoms. The van der Waals surface area contributed by atoms with Crippen LogP contribution in [0.3, 0.4) is 0 Å². The molecule has 0 aliphatic carbocycles. The lowest BCUT2D eigenvalue weighted by atomic mass is 10.0. The van der Waals surface area contributed by atoms with Crippen LogP contribution in [-0.2, 0) is 16.5 Å². The van der Waals surface area contributed by atoms with Crippen LogP contribution in [0.1, 0.15) is 34.6 Å². The van der Waals surface area contributed by atoms with Gasteiger partial charge in [-0.1, -0.05) is 60.7 Å². The minimum Gasteiger partial charge on any atom is -0.376 e. The molecule has 1 aromatic heterocycles. The Bertz CT molecular complexity index is 1350. The van der Waals surface area contributed by atoms with Crippen molar-refractivity contribution in [3.63, 3.8) is 0 Å². The van der Waals surface area contributed by atoms with Crippen LogP contribution in [0, 0.1) is 0 Å². The second-order valence-electron chi connectivity index (χ2n) is 7.48. The molecule has 1 heterocycles. The van der Waals surface area contributed by atoms with Gasteiger partial charge in [-0.3, -0.25) is 4.79 Å². The molecule has 162 valence electrons. The number of hydrogen-bond donors (Lipinski definition) is 3. The number of thiol groups is 1. The summed E-state index contributed by atoms with van der Waals surface area (Å²) >= 11 is 0. The zero-order chi connectivity index (χ0) is 22.7. The molecular weight excluding hydrogens is 424 g/mol. The number of carbonyl (C=O) groups is 1. The van der Waals surface area contributed by atoms with Gasteiger partial charge >= 0.3 is 0 Å². The van der Waals surface area contributed by atoms with E-state index in [1.165, 1.54) is 0 Å². The maximum atomic E-state index is 12.0. The molecule has 4 aromatic rings. The van der Waals surface area contributed by atoms with Gasteiger partial charge in [-0.25, -0.2) is 8.42 Å². The first-order valence-electron chi connectivity index (χ1n) is 10.0. The molecule has 0 bridgehead atoms. The second kappa shape index (κ2) is 9.15. The summed E-state index contributed by atoms with van der Waals surface area (Å²) < 4.78 is 21.9. The zero-order valence-corrected chi connectivity index (χ0v) is 18.3. The zero-order valence-electron chi connectivity index (χ0n) is 17.4.